The molecule has 3 atom stereocenters. The van der Waals surface area contributed by atoms with Gasteiger partial charge in [-0.05, 0) is 48.8 Å². The maximum atomic E-state index is 12.3. The van der Waals surface area contributed by atoms with Crippen molar-refractivity contribution in [2.24, 2.45) is 11.7 Å². The fourth-order valence-electron chi connectivity index (χ4n) is 2.86. The maximum Gasteiger partial charge on any atom is 0.309 e. The zero-order chi connectivity index (χ0) is 18.8. The molecule has 0 saturated carbocycles. The number of aliphatic hydroxyl groups is 1. The van der Waals surface area contributed by atoms with E-state index >= 15 is 0 Å². The lowest BCUT2D eigenvalue weighted by Crippen LogP contribution is -2.23. The molecule has 1 aromatic rings. The Balaban J connectivity index is 3.04. The van der Waals surface area contributed by atoms with Crippen LogP contribution in [-0.2, 0) is 16.1 Å². The smallest absolute Gasteiger partial charge is 0.309 e. The van der Waals surface area contributed by atoms with Gasteiger partial charge in [0.25, 0.3) is 0 Å². The van der Waals surface area contributed by atoms with Crippen molar-refractivity contribution >= 4 is 27.9 Å². The first-order chi connectivity index (χ1) is 11.9. The monoisotopic (exact) mass is 363 g/mol. The van der Waals surface area contributed by atoms with Gasteiger partial charge < -0.3 is 15.6 Å². The van der Waals surface area contributed by atoms with E-state index in [0.29, 0.717) is 6.61 Å². The molecule has 0 heterocycles. The van der Waals surface area contributed by atoms with Crippen LogP contribution >= 0.6 is 8.58 Å². The zero-order valence-corrected chi connectivity index (χ0v) is 16.8. The highest BCUT2D eigenvalue weighted by Crippen LogP contribution is 2.32. The number of hydrogen-bond donors (Lipinski definition) is 2. The van der Waals surface area contributed by atoms with Crippen LogP contribution in [0.1, 0.15) is 50.7 Å². The number of hydrogen-bond acceptors (Lipinski definition) is 4. The first kappa shape index (κ1) is 21.7. The van der Waals surface area contributed by atoms with E-state index in [4.69, 9.17) is 10.5 Å². The van der Waals surface area contributed by atoms with Crippen molar-refractivity contribution < 1.29 is 14.6 Å². The SMILES string of the molecule is Bc1ccc(C(CC/C(N)=C/PCC)C(C)C(=O)OCC)cc1CO. The molecule has 0 fully saturated rings. The van der Waals surface area contributed by atoms with Crippen LogP contribution < -0.4 is 11.2 Å². The lowest BCUT2D eigenvalue weighted by Gasteiger charge is -2.24. The highest BCUT2D eigenvalue weighted by molar-refractivity contribution is 7.41. The first-order valence-corrected chi connectivity index (χ1v) is 10.3. The van der Waals surface area contributed by atoms with Crippen LogP contribution in [0.5, 0.6) is 0 Å². The van der Waals surface area contributed by atoms with Crippen LogP contribution in [0, 0.1) is 5.92 Å². The number of esters is 1. The van der Waals surface area contributed by atoms with Gasteiger partial charge in [-0.1, -0.05) is 46.1 Å². The van der Waals surface area contributed by atoms with Crippen LogP contribution in [0.4, 0.5) is 0 Å². The summed E-state index contributed by atoms with van der Waals surface area (Å²) in [6.07, 6.45) is 2.63. The molecule has 3 N–H and O–H groups in total. The van der Waals surface area contributed by atoms with Crippen LogP contribution in [0.15, 0.2) is 29.7 Å². The summed E-state index contributed by atoms with van der Waals surface area (Å²) in [6, 6.07) is 6.05. The van der Waals surface area contributed by atoms with Gasteiger partial charge in [-0.3, -0.25) is 4.79 Å². The molecule has 0 aliphatic rings. The van der Waals surface area contributed by atoms with Gasteiger partial charge in [-0.25, -0.2) is 0 Å². The Morgan fingerprint density at radius 1 is 1.44 bits per heavy atom. The third kappa shape index (κ3) is 6.83. The molecule has 0 bridgehead atoms. The minimum atomic E-state index is -0.254. The normalized spacial score (nSPS) is 14.6. The molecule has 1 rings (SSSR count). The molecular formula is C19H31BNO3P. The fourth-order valence-corrected chi connectivity index (χ4v) is 3.47. The first-order valence-electron chi connectivity index (χ1n) is 8.99. The summed E-state index contributed by atoms with van der Waals surface area (Å²) in [6.45, 7) is 6.25. The van der Waals surface area contributed by atoms with Gasteiger partial charge in [0, 0.05) is 5.70 Å². The average Bonchev–Trinajstić information content (AvgIpc) is 2.61. The molecule has 4 nitrogen and oxygen atoms in total. The predicted octanol–water partition coefficient (Wildman–Crippen LogP) is 2.00. The second-order valence-electron chi connectivity index (χ2n) is 6.31. The summed E-state index contributed by atoms with van der Waals surface area (Å²) < 4.78 is 5.23. The summed E-state index contributed by atoms with van der Waals surface area (Å²) in [7, 11) is 2.72. The summed E-state index contributed by atoms with van der Waals surface area (Å²) in [4.78, 5) is 12.3. The Hall–Kier alpha value is -1.32. The Morgan fingerprint density at radius 2 is 2.16 bits per heavy atom. The largest absolute Gasteiger partial charge is 0.466 e. The summed E-state index contributed by atoms with van der Waals surface area (Å²) >= 11 is 0. The third-order valence-electron chi connectivity index (χ3n) is 4.47. The molecule has 0 aromatic heterocycles. The lowest BCUT2D eigenvalue weighted by atomic mass is 9.80. The predicted molar refractivity (Wildman–Crippen MR) is 109 cm³/mol. The number of carbonyl (C=O) groups excluding carboxylic acids is 1. The summed E-state index contributed by atoms with van der Waals surface area (Å²) in [5.74, 6) is 1.68. The van der Waals surface area contributed by atoms with E-state index in [2.05, 4.69) is 12.7 Å². The second kappa shape index (κ2) is 11.3. The fraction of sp³-hybridized carbons (Fsp3) is 0.526. The molecule has 1 aromatic carbocycles. The van der Waals surface area contributed by atoms with Crippen LogP contribution in [-0.4, -0.2) is 31.7 Å². The number of benzene rings is 1. The molecule has 0 saturated heterocycles. The van der Waals surface area contributed by atoms with Gasteiger partial charge in [0.05, 0.1) is 19.1 Å². The van der Waals surface area contributed by atoms with Crippen molar-refractivity contribution in [3.8, 4) is 0 Å². The third-order valence-corrected chi connectivity index (χ3v) is 5.45. The van der Waals surface area contributed by atoms with E-state index in [0.717, 1.165) is 49.9 Å². The molecule has 0 spiro atoms. The van der Waals surface area contributed by atoms with E-state index in [1.165, 1.54) is 0 Å². The zero-order valence-electron chi connectivity index (χ0n) is 15.8. The molecule has 3 unspecified atom stereocenters. The van der Waals surface area contributed by atoms with Crippen LogP contribution in [0.3, 0.4) is 0 Å². The number of rotatable bonds is 10. The van der Waals surface area contributed by atoms with E-state index < -0.39 is 0 Å². The quantitative estimate of drug-likeness (QED) is 0.379. The molecule has 138 valence electrons. The highest BCUT2D eigenvalue weighted by Gasteiger charge is 2.27. The highest BCUT2D eigenvalue weighted by atomic mass is 31.1. The molecule has 0 aliphatic heterocycles. The van der Waals surface area contributed by atoms with Gasteiger partial charge >= 0.3 is 5.97 Å². The minimum Gasteiger partial charge on any atom is -0.466 e. The number of ether oxygens (including phenoxy) is 1. The van der Waals surface area contributed by atoms with E-state index in [1.807, 2.05) is 39.9 Å². The van der Waals surface area contributed by atoms with Crippen molar-refractivity contribution in [3.63, 3.8) is 0 Å². The topological polar surface area (TPSA) is 72.6 Å². The number of carbonyl (C=O) groups is 1. The number of nitrogens with two attached hydrogens (primary N) is 1. The average molecular weight is 363 g/mol. The number of allylic oxidation sites excluding steroid dienone is 1. The van der Waals surface area contributed by atoms with Crippen molar-refractivity contribution in [2.75, 3.05) is 12.8 Å². The Labute approximate surface area is 154 Å². The van der Waals surface area contributed by atoms with Crippen molar-refractivity contribution in [1.29, 1.82) is 0 Å². The van der Waals surface area contributed by atoms with Gasteiger partial charge in [-0.15, -0.1) is 0 Å². The van der Waals surface area contributed by atoms with Crippen molar-refractivity contribution in [3.05, 3.63) is 40.8 Å². The Bertz CT molecular complexity index is 592. The van der Waals surface area contributed by atoms with Crippen LogP contribution in [0.25, 0.3) is 0 Å². The van der Waals surface area contributed by atoms with E-state index in [9.17, 15) is 9.90 Å². The van der Waals surface area contributed by atoms with Gasteiger partial charge in [0.2, 0.25) is 0 Å². The lowest BCUT2D eigenvalue weighted by molar-refractivity contribution is -0.148. The van der Waals surface area contributed by atoms with E-state index in [-0.39, 0.29) is 24.4 Å². The molecular weight excluding hydrogens is 332 g/mol. The van der Waals surface area contributed by atoms with Gasteiger partial charge in [0.15, 0.2) is 0 Å². The minimum absolute atomic E-state index is 0.000156. The molecule has 0 amide bonds. The van der Waals surface area contributed by atoms with Gasteiger partial charge in [0.1, 0.15) is 7.85 Å². The summed E-state index contributed by atoms with van der Waals surface area (Å²) in [5.41, 5.74) is 10.0. The Morgan fingerprint density at radius 3 is 2.76 bits per heavy atom. The van der Waals surface area contributed by atoms with Gasteiger partial charge in [-0.2, -0.15) is 0 Å². The van der Waals surface area contributed by atoms with Crippen molar-refractivity contribution in [2.45, 2.75) is 46.1 Å². The maximum absolute atomic E-state index is 12.3. The molecule has 0 aliphatic carbocycles. The Kier molecular flexibility index (Phi) is 9.85. The second-order valence-corrected chi connectivity index (χ2v) is 7.71. The standard InChI is InChI=1S/C19H31BNO3P/c1-4-24-19(23)13(3)17(8-7-16(21)12-25-5-2)14-6-9-18(20)15(10-14)11-22/h6,9-10,12-13,17,22,25H,4-5,7-8,11,20-21H2,1-3H3/b16-12-. The molecule has 0 radical (unpaired) electrons. The van der Waals surface area contributed by atoms with Crippen LogP contribution in [0.2, 0.25) is 0 Å². The van der Waals surface area contributed by atoms with Crippen molar-refractivity contribution in [1.82, 2.24) is 0 Å². The van der Waals surface area contributed by atoms with E-state index in [1.54, 1.807) is 0 Å². The molecule has 6 heteroatoms. The number of aliphatic hydroxyl groups excluding tert-OH is 1. The molecule has 25 heavy (non-hydrogen) atoms. The summed E-state index contributed by atoms with van der Waals surface area (Å²) in [5, 5.41) is 9.55.